The van der Waals surface area contributed by atoms with Crippen molar-refractivity contribution in [3.8, 4) is 122 Å². The van der Waals surface area contributed by atoms with Gasteiger partial charge in [-0.3, -0.25) is 0 Å². The summed E-state index contributed by atoms with van der Waals surface area (Å²) < 4.78 is 0. The monoisotopic (exact) mass is 1830 g/mol. The molecule has 0 saturated heterocycles. The van der Waals surface area contributed by atoms with Crippen molar-refractivity contribution in [2.45, 2.75) is 161 Å². The summed E-state index contributed by atoms with van der Waals surface area (Å²) in [6.45, 7) is 39.3. The Bertz CT molecular complexity index is 8580. The van der Waals surface area contributed by atoms with Crippen LogP contribution in [-0.2, 0) is 49.7 Å². The van der Waals surface area contributed by atoms with Crippen molar-refractivity contribution in [3.05, 3.63) is 494 Å². The lowest BCUT2D eigenvalue weighted by atomic mass is 9.74. The van der Waals surface area contributed by atoms with E-state index in [0.717, 1.165) is 40.4 Å². The Balaban J connectivity index is 0.573. The number of fused-ring (bicyclic) bond motifs is 24. The lowest BCUT2D eigenvalue weighted by Gasteiger charge is -2.37. The van der Waals surface area contributed by atoms with Crippen molar-refractivity contribution in [3.63, 3.8) is 0 Å². The van der Waals surface area contributed by atoms with Gasteiger partial charge >= 0.3 is 0 Å². The molecule has 0 bridgehead atoms. The summed E-state index contributed by atoms with van der Waals surface area (Å²) in [6.07, 6.45) is 0.809. The van der Waals surface area contributed by atoms with Crippen LogP contribution in [0.1, 0.15) is 204 Å². The van der Waals surface area contributed by atoms with Crippen LogP contribution in [-0.4, -0.2) is 0 Å². The summed E-state index contributed by atoms with van der Waals surface area (Å²) in [5.41, 5.74) is 60.4. The number of rotatable bonds is 14. The number of hydrogen-bond acceptors (Lipinski definition) is 3. The second-order valence-electron chi connectivity index (χ2n) is 45.7. The fourth-order valence-corrected chi connectivity index (χ4v) is 28.3. The van der Waals surface area contributed by atoms with Gasteiger partial charge in [-0.05, 0) is 333 Å². The van der Waals surface area contributed by atoms with Crippen LogP contribution in [0.25, 0.3) is 122 Å². The Labute approximate surface area is 837 Å². The van der Waals surface area contributed by atoms with Gasteiger partial charge in [-0.15, -0.1) is 0 Å². The van der Waals surface area contributed by atoms with Crippen molar-refractivity contribution >= 4 is 51.2 Å². The first-order valence-corrected chi connectivity index (χ1v) is 51.2. The minimum atomic E-state index is -0.436. The molecule has 0 fully saturated rings. The Morgan fingerprint density at radius 3 is 0.915 bits per heavy atom. The van der Waals surface area contributed by atoms with E-state index in [4.69, 9.17) is 0 Å². The molecule has 0 aliphatic heterocycles. The molecule has 0 spiro atoms. The smallest absolute Gasteiger partial charge is 0.0555 e. The number of nitrogens with zero attached hydrogens (tertiary/aromatic N) is 3. The van der Waals surface area contributed by atoms with E-state index < -0.39 is 10.8 Å². The highest BCUT2D eigenvalue weighted by Gasteiger charge is 2.53. The number of hydrogen-bond donors (Lipinski definition) is 0. The maximum absolute atomic E-state index is 2.68. The normalized spacial score (nSPS) is 16.8. The van der Waals surface area contributed by atoms with Crippen LogP contribution in [0, 0.1) is 6.92 Å². The van der Waals surface area contributed by atoms with Crippen LogP contribution >= 0.6 is 0 Å². The molecule has 19 aromatic rings. The maximum Gasteiger partial charge on any atom is 0.0555 e. The molecule has 142 heavy (non-hydrogen) atoms. The Hall–Kier alpha value is -15.4. The van der Waals surface area contributed by atoms with Gasteiger partial charge in [0.25, 0.3) is 0 Å². The molecule has 1 unspecified atom stereocenters. The summed E-state index contributed by atoms with van der Waals surface area (Å²) in [5.74, 6) is 0. The van der Waals surface area contributed by atoms with Crippen molar-refractivity contribution in [1.82, 2.24) is 0 Å². The average Bonchev–Trinajstić information content (AvgIpc) is 1.52. The predicted molar refractivity (Wildman–Crippen MR) is 597 cm³/mol. The average molecular weight is 1830 g/mol. The van der Waals surface area contributed by atoms with Crippen LogP contribution in [0.3, 0.4) is 0 Å². The van der Waals surface area contributed by atoms with Gasteiger partial charge in [-0.2, -0.15) is 0 Å². The highest BCUT2D eigenvalue weighted by molar-refractivity contribution is 6.06. The number of para-hydroxylation sites is 1. The molecule has 3 heteroatoms. The Kier molecular flexibility index (Phi) is 18.2. The number of anilines is 9. The first kappa shape index (κ1) is 85.7. The van der Waals surface area contributed by atoms with Crippen LogP contribution in [0.15, 0.2) is 394 Å². The molecule has 0 amide bonds. The van der Waals surface area contributed by atoms with E-state index in [1.165, 1.54) is 240 Å². The Morgan fingerprint density at radius 1 is 0.162 bits per heavy atom. The first-order chi connectivity index (χ1) is 68.5. The van der Waals surface area contributed by atoms with Crippen LogP contribution in [0.2, 0.25) is 0 Å². The third-order valence-electron chi connectivity index (χ3n) is 35.1. The third-order valence-corrected chi connectivity index (χ3v) is 35.1. The summed E-state index contributed by atoms with van der Waals surface area (Å²) in [6, 6.07) is 153. The quantitative estimate of drug-likeness (QED) is 0.107. The second-order valence-corrected chi connectivity index (χ2v) is 45.7. The Morgan fingerprint density at radius 2 is 0.437 bits per heavy atom. The van der Waals surface area contributed by atoms with Gasteiger partial charge in [0.05, 0.1) is 17.1 Å². The summed E-state index contributed by atoms with van der Waals surface area (Å²) in [5, 5.41) is 0. The molecule has 3 nitrogen and oxygen atoms in total. The van der Waals surface area contributed by atoms with Gasteiger partial charge in [0.1, 0.15) is 0 Å². The zero-order chi connectivity index (χ0) is 96.7. The molecule has 8 aliphatic carbocycles. The standard InChI is InChI=1S/C139H115N3/c1-83-57-63-92(64-58-83)142(96-67-69-103-97-45-23-29-51-113(97)132(2,3)122(103)78-96)131-126-109(101-49-26-32-54-116(101)136(126,10)11)80-111-104-73-84(59-70-118(104)137(12,13)127(111)131)82-139(16)120-56-34-28-46-98(120)106-77-95(68-72-121(106)139)140(91-42-21-18-22-43-91)130-125-110(102-50-27-33-55-117(102)135(125,8)9)81-112-105-76-90(62-71-119(105)138(14,15)128(112)130)88-40-35-39-87(74-88)86-60-65-93(66-61-86)141(94-44-36-41-89(75-94)85-37-19-17-20-38-85)129-123-107(99-47-24-30-52-114(99)133(123,4)5)79-108-100-48-25-31-53-115(100)134(6,7)124(108)129/h17-81H,82H2,1-16H3. The molecule has 1 atom stereocenters. The maximum atomic E-state index is 2.68. The fourth-order valence-electron chi connectivity index (χ4n) is 28.3. The number of benzene rings is 19. The lowest BCUT2D eigenvalue weighted by Crippen LogP contribution is -2.26. The van der Waals surface area contributed by atoms with E-state index >= 15 is 0 Å². The molecule has 0 N–H and O–H groups in total. The summed E-state index contributed by atoms with van der Waals surface area (Å²) >= 11 is 0. The van der Waals surface area contributed by atoms with Crippen LogP contribution in [0.4, 0.5) is 51.2 Å². The van der Waals surface area contributed by atoms with E-state index in [-0.39, 0.29) is 32.5 Å². The number of aryl methyl sites for hydroxylation is 1. The third kappa shape index (κ3) is 11.9. The van der Waals surface area contributed by atoms with E-state index in [0.29, 0.717) is 0 Å². The van der Waals surface area contributed by atoms with Gasteiger partial charge in [0, 0.05) is 77.4 Å². The highest BCUT2D eigenvalue weighted by atomic mass is 15.2. The zero-order valence-electron chi connectivity index (χ0n) is 84.1. The van der Waals surface area contributed by atoms with E-state index in [2.05, 4.69) is 520 Å². The molecule has 0 heterocycles. The zero-order valence-corrected chi connectivity index (χ0v) is 84.1. The van der Waals surface area contributed by atoms with Crippen molar-refractivity contribution in [2.75, 3.05) is 14.7 Å². The topological polar surface area (TPSA) is 9.72 Å². The molecule has 27 rings (SSSR count). The molecule has 19 aromatic carbocycles. The first-order valence-electron chi connectivity index (χ1n) is 51.2. The lowest BCUT2D eigenvalue weighted by molar-refractivity contribution is 0.582. The summed E-state index contributed by atoms with van der Waals surface area (Å²) in [7, 11) is 0. The minimum Gasteiger partial charge on any atom is -0.310 e. The molecule has 686 valence electrons. The fraction of sp³-hybridized carbons (Fsp3) is 0.180. The largest absolute Gasteiger partial charge is 0.310 e. The minimum absolute atomic E-state index is 0.190. The van der Waals surface area contributed by atoms with Gasteiger partial charge in [0.2, 0.25) is 0 Å². The predicted octanol–water partition coefficient (Wildman–Crippen LogP) is 37.1. The SMILES string of the molecule is Cc1ccc(N(c2ccc3c(c2)C(C)(C)c2ccccc2-3)c2c3c(cc4c2C(C)(C)c2ccc(CC5(C)c6ccccc6-c6cc(N(c7ccccc7)c7c8c(cc9c7C(C)(C)c7ccc(-c%10cccc(-c%11ccc(N(c%12cccc(-c%13ccccc%13)c%12)c%12c%13c(cc%14c%12C(C)(C)c%12ccccc%12-%14)-c%12ccccc%12C%13(C)C)cc%11)c%10)cc7-9)-c7ccccc7C8(C)C)ccc65)cc2-4)-c2ccccc2C3(C)C)cc1. The van der Waals surface area contributed by atoms with Crippen molar-refractivity contribution in [2.24, 2.45) is 0 Å². The molecule has 0 radical (unpaired) electrons. The molecular formula is C139H115N3. The summed E-state index contributed by atoms with van der Waals surface area (Å²) in [4.78, 5) is 7.98. The molecule has 8 aliphatic rings. The van der Waals surface area contributed by atoms with Gasteiger partial charge in [0.15, 0.2) is 0 Å². The van der Waals surface area contributed by atoms with Gasteiger partial charge in [-0.1, -0.05) is 401 Å². The second kappa shape index (κ2) is 30.1. The van der Waals surface area contributed by atoms with Crippen LogP contribution in [0.5, 0.6) is 0 Å². The highest BCUT2D eigenvalue weighted by Crippen LogP contribution is 2.69. The van der Waals surface area contributed by atoms with Crippen LogP contribution < -0.4 is 14.7 Å². The van der Waals surface area contributed by atoms with Gasteiger partial charge in [-0.25, -0.2) is 0 Å². The van der Waals surface area contributed by atoms with E-state index in [9.17, 15) is 0 Å². The van der Waals surface area contributed by atoms with Crippen molar-refractivity contribution in [1.29, 1.82) is 0 Å². The molecule has 0 aromatic heterocycles. The van der Waals surface area contributed by atoms with E-state index in [1.807, 2.05) is 0 Å². The molecule has 0 saturated carbocycles. The van der Waals surface area contributed by atoms with Crippen molar-refractivity contribution < 1.29 is 0 Å². The van der Waals surface area contributed by atoms with Gasteiger partial charge < -0.3 is 14.7 Å². The van der Waals surface area contributed by atoms with E-state index in [1.54, 1.807) is 0 Å². The molecular weight excluding hydrogens is 1710 g/mol.